The highest BCUT2D eigenvalue weighted by Gasteiger charge is 2.31. The minimum atomic E-state index is -0.438. The second kappa shape index (κ2) is 8.48. The van der Waals surface area contributed by atoms with Gasteiger partial charge >= 0.3 is 0 Å². The van der Waals surface area contributed by atoms with Gasteiger partial charge in [0.05, 0.1) is 13.7 Å². The van der Waals surface area contributed by atoms with E-state index in [1.54, 1.807) is 36.2 Å². The monoisotopic (exact) mass is 374 g/mol. The number of hydrogen-bond donors (Lipinski definition) is 0. The third-order valence-corrected chi connectivity index (χ3v) is 4.76. The van der Waals surface area contributed by atoms with E-state index in [2.05, 4.69) is 4.90 Å². The summed E-state index contributed by atoms with van der Waals surface area (Å²) in [7, 11) is 3.13. The Morgan fingerprint density at radius 3 is 2.33 bits per heavy atom. The van der Waals surface area contributed by atoms with Crippen LogP contribution in [0.3, 0.4) is 0 Å². The number of benzene rings is 2. The zero-order chi connectivity index (χ0) is 19.4. The summed E-state index contributed by atoms with van der Waals surface area (Å²) in [5.41, 5.74) is 1.69. The van der Waals surface area contributed by atoms with Gasteiger partial charge in [0.25, 0.3) is 0 Å². The zero-order valence-electron chi connectivity index (χ0n) is 15.6. The van der Waals surface area contributed by atoms with Crippen molar-refractivity contribution < 1.29 is 18.3 Å². The number of rotatable bonds is 8. The first-order chi connectivity index (χ1) is 13.0. The van der Waals surface area contributed by atoms with E-state index in [0.717, 1.165) is 18.4 Å². The van der Waals surface area contributed by atoms with Gasteiger partial charge in [-0.2, -0.15) is 0 Å². The quantitative estimate of drug-likeness (QED) is 0.708. The van der Waals surface area contributed by atoms with Crippen molar-refractivity contribution in [2.24, 2.45) is 0 Å². The molecule has 2 aromatic carbocycles. The van der Waals surface area contributed by atoms with Crippen LogP contribution in [0.4, 0.5) is 8.78 Å². The van der Waals surface area contributed by atoms with Crippen molar-refractivity contribution in [2.45, 2.75) is 32.0 Å². The normalized spacial score (nSPS) is 13.7. The number of methoxy groups -OCH3 is 1. The van der Waals surface area contributed by atoms with E-state index in [-0.39, 0.29) is 24.0 Å². The number of likely N-dealkylation sites (N-methyl/N-ethyl adjacent to an activating group) is 1. The van der Waals surface area contributed by atoms with Gasteiger partial charge in [-0.1, -0.05) is 18.2 Å². The fraction of sp³-hybridized carbons (Fsp3) is 0.381. The lowest BCUT2D eigenvalue weighted by Gasteiger charge is -2.25. The van der Waals surface area contributed by atoms with Gasteiger partial charge in [0.1, 0.15) is 5.82 Å². The van der Waals surface area contributed by atoms with Crippen molar-refractivity contribution in [3.8, 4) is 5.75 Å². The number of carbonyl (C=O) groups is 1. The van der Waals surface area contributed by atoms with E-state index in [9.17, 15) is 13.6 Å². The van der Waals surface area contributed by atoms with Crippen molar-refractivity contribution in [3.63, 3.8) is 0 Å². The predicted molar refractivity (Wildman–Crippen MR) is 99.3 cm³/mol. The first-order valence-corrected chi connectivity index (χ1v) is 9.01. The average molecular weight is 374 g/mol. The van der Waals surface area contributed by atoms with E-state index in [1.165, 1.54) is 25.3 Å². The van der Waals surface area contributed by atoms with E-state index >= 15 is 0 Å². The van der Waals surface area contributed by atoms with Crippen LogP contribution in [0.15, 0.2) is 42.5 Å². The molecule has 0 bridgehead atoms. The molecule has 0 spiro atoms. The lowest BCUT2D eigenvalue weighted by atomic mass is 10.2. The Hall–Kier alpha value is -2.47. The fourth-order valence-electron chi connectivity index (χ4n) is 3.04. The molecule has 0 N–H and O–H groups in total. The molecule has 0 radical (unpaired) electrons. The largest absolute Gasteiger partial charge is 0.494 e. The van der Waals surface area contributed by atoms with Gasteiger partial charge in [-0.05, 0) is 48.2 Å². The van der Waals surface area contributed by atoms with Gasteiger partial charge in [-0.15, -0.1) is 0 Å². The van der Waals surface area contributed by atoms with Crippen molar-refractivity contribution in [3.05, 3.63) is 65.2 Å². The second-order valence-corrected chi connectivity index (χ2v) is 6.98. The third-order valence-electron chi connectivity index (χ3n) is 4.76. The Kier molecular flexibility index (Phi) is 6.06. The third kappa shape index (κ3) is 5.26. The molecule has 1 fully saturated rings. The summed E-state index contributed by atoms with van der Waals surface area (Å²) >= 11 is 0. The number of halogens is 2. The molecule has 144 valence electrons. The van der Waals surface area contributed by atoms with E-state index < -0.39 is 5.82 Å². The maximum atomic E-state index is 13.8. The minimum absolute atomic E-state index is 0.0276. The van der Waals surface area contributed by atoms with Crippen LogP contribution in [-0.4, -0.2) is 42.5 Å². The molecule has 0 saturated heterocycles. The Morgan fingerprint density at radius 1 is 1.07 bits per heavy atom. The summed E-state index contributed by atoms with van der Waals surface area (Å²) in [5.74, 6) is -0.543. The molecule has 27 heavy (non-hydrogen) atoms. The number of ether oxygens (including phenoxy) is 1. The van der Waals surface area contributed by atoms with Crippen LogP contribution in [0.25, 0.3) is 0 Å². The standard InChI is InChI=1S/C21H24F2N2O2/c1-24(12-16-5-10-20(27-2)19(23)11-16)21(26)14-25(18-8-9-18)13-15-3-6-17(22)7-4-15/h3-7,10-11,18H,8-9,12-14H2,1-2H3. The zero-order valence-corrected chi connectivity index (χ0v) is 15.6. The Balaban J connectivity index is 1.59. The maximum absolute atomic E-state index is 13.8. The lowest BCUT2D eigenvalue weighted by Crippen LogP contribution is -2.38. The van der Waals surface area contributed by atoms with Crippen molar-refractivity contribution in [1.29, 1.82) is 0 Å². The SMILES string of the molecule is COc1ccc(CN(C)C(=O)CN(Cc2ccc(F)cc2)C2CC2)cc1F. The van der Waals surface area contributed by atoms with Crippen LogP contribution in [-0.2, 0) is 17.9 Å². The van der Waals surface area contributed by atoms with Gasteiger partial charge in [0, 0.05) is 26.2 Å². The molecule has 1 amide bonds. The van der Waals surface area contributed by atoms with Crippen LogP contribution >= 0.6 is 0 Å². The number of hydrogen-bond acceptors (Lipinski definition) is 3. The molecule has 6 heteroatoms. The number of amides is 1. The van der Waals surface area contributed by atoms with Gasteiger partial charge in [0.2, 0.25) is 5.91 Å². The summed E-state index contributed by atoms with van der Waals surface area (Å²) in [4.78, 5) is 16.4. The molecular formula is C21H24F2N2O2. The van der Waals surface area contributed by atoms with E-state index in [0.29, 0.717) is 24.7 Å². The predicted octanol–water partition coefficient (Wildman–Crippen LogP) is 3.60. The van der Waals surface area contributed by atoms with E-state index in [1.807, 2.05) is 0 Å². The van der Waals surface area contributed by atoms with Gasteiger partial charge in [-0.3, -0.25) is 9.69 Å². The van der Waals surface area contributed by atoms with Crippen LogP contribution in [0.5, 0.6) is 5.75 Å². The smallest absolute Gasteiger partial charge is 0.236 e. The molecule has 0 aliphatic heterocycles. The van der Waals surface area contributed by atoms with Gasteiger partial charge in [0.15, 0.2) is 11.6 Å². The Morgan fingerprint density at radius 2 is 1.74 bits per heavy atom. The summed E-state index contributed by atoms with van der Waals surface area (Å²) in [5, 5.41) is 0. The summed E-state index contributed by atoms with van der Waals surface area (Å²) in [6, 6.07) is 11.5. The van der Waals surface area contributed by atoms with Gasteiger partial charge in [-0.25, -0.2) is 8.78 Å². The molecule has 1 saturated carbocycles. The maximum Gasteiger partial charge on any atom is 0.236 e. The highest BCUT2D eigenvalue weighted by atomic mass is 19.1. The molecule has 3 rings (SSSR count). The Bertz CT molecular complexity index is 791. The average Bonchev–Trinajstić information content (AvgIpc) is 3.48. The van der Waals surface area contributed by atoms with Crippen LogP contribution < -0.4 is 4.74 Å². The van der Waals surface area contributed by atoms with Crippen LogP contribution in [0.2, 0.25) is 0 Å². The molecule has 0 atom stereocenters. The summed E-state index contributed by atoms with van der Waals surface area (Å²) < 4.78 is 31.8. The van der Waals surface area contributed by atoms with Crippen molar-refractivity contribution >= 4 is 5.91 Å². The fourth-order valence-corrected chi connectivity index (χ4v) is 3.04. The van der Waals surface area contributed by atoms with Crippen molar-refractivity contribution in [2.75, 3.05) is 20.7 Å². The topological polar surface area (TPSA) is 32.8 Å². The van der Waals surface area contributed by atoms with E-state index in [4.69, 9.17) is 4.74 Å². The van der Waals surface area contributed by atoms with Crippen molar-refractivity contribution in [1.82, 2.24) is 9.80 Å². The first kappa shape index (κ1) is 19.3. The Labute approximate surface area is 158 Å². The highest BCUT2D eigenvalue weighted by Crippen LogP contribution is 2.28. The summed E-state index contributed by atoms with van der Waals surface area (Å²) in [6.45, 7) is 1.23. The molecule has 1 aliphatic rings. The van der Waals surface area contributed by atoms with Crippen LogP contribution in [0.1, 0.15) is 24.0 Å². The number of nitrogens with zero attached hydrogens (tertiary/aromatic N) is 2. The molecule has 0 heterocycles. The van der Waals surface area contributed by atoms with Crippen LogP contribution in [0, 0.1) is 11.6 Å². The molecule has 2 aromatic rings. The molecule has 1 aliphatic carbocycles. The molecular weight excluding hydrogens is 350 g/mol. The lowest BCUT2D eigenvalue weighted by molar-refractivity contribution is -0.132. The minimum Gasteiger partial charge on any atom is -0.494 e. The highest BCUT2D eigenvalue weighted by molar-refractivity contribution is 5.78. The molecule has 0 unspecified atom stereocenters. The summed E-state index contributed by atoms with van der Waals surface area (Å²) in [6.07, 6.45) is 2.14. The molecule has 4 nitrogen and oxygen atoms in total. The van der Waals surface area contributed by atoms with Gasteiger partial charge < -0.3 is 9.64 Å². The molecule has 0 aromatic heterocycles. The second-order valence-electron chi connectivity index (χ2n) is 6.98. The number of carbonyl (C=O) groups excluding carboxylic acids is 1. The first-order valence-electron chi connectivity index (χ1n) is 9.01.